The minimum absolute atomic E-state index is 0.246. The van der Waals surface area contributed by atoms with E-state index in [1.54, 1.807) is 6.20 Å². The average Bonchev–Trinajstić information content (AvgIpc) is 2.57. The highest BCUT2D eigenvalue weighted by molar-refractivity contribution is 6.31. The van der Waals surface area contributed by atoms with Gasteiger partial charge in [-0.25, -0.2) is 9.97 Å². The monoisotopic (exact) mass is 346 g/mol. The van der Waals surface area contributed by atoms with Gasteiger partial charge in [0.25, 0.3) is 0 Å². The van der Waals surface area contributed by atoms with E-state index in [0.717, 1.165) is 43.9 Å². The maximum Gasteiger partial charge on any atom is 0.171 e. The van der Waals surface area contributed by atoms with Crippen molar-refractivity contribution in [2.75, 3.05) is 33.0 Å². The van der Waals surface area contributed by atoms with Crippen LogP contribution in [0.4, 0.5) is 5.82 Å². The van der Waals surface area contributed by atoms with Crippen molar-refractivity contribution in [2.45, 2.75) is 25.3 Å². The van der Waals surface area contributed by atoms with Gasteiger partial charge in [-0.1, -0.05) is 23.7 Å². The third-order valence-electron chi connectivity index (χ3n) is 4.34. The molecule has 3 rings (SSSR count). The van der Waals surface area contributed by atoms with Crippen LogP contribution in [0.15, 0.2) is 24.4 Å². The lowest BCUT2D eigenvalue weighted by molar-refractivity contribution is 0.0850. The summed E-state index contributed by atoms with van der Waals surface area (Å²) in [6.45, 7) is 2.57. The lowest BCUT2D eigenvalue weighted by Crippen LogP contribution is -2.18. The van der Waals surface area contributed by atoms with Crippen LogP contribution in [0, 0.1) is 0 Å². The molecule has 0 saturated carbocycles. The molecule has 6 heteroatoms. The first-order chi connectivity index (χ1) is 11.5. The van der Waals surface area contributed by atoms with Crippen molar-refractivity contribution in [3.05, 3.63) is 40.7 Å². The zero-order valence-corrected chi connectivity index (χ0v) is 14.9. The van der Waals surface area contributed by atoms with Crippen LogP contribution in [0.25, 0.3) is 11.3 Å². The molecule has 2 N–H and O–H groups in total. The second kappa shape index (κ2) is 7.47. The Morgan fingerprint density at radius 2 is 2.04 bits per heavy atom. The van der Waals surface area contributed by atoms with Crippen molar-refractivity contribution in [1.29, 1.82) is 0 Å². The molecule has 2 heterocycles. The normalized spacial score (nSPS) is 15.8. The van der Waals surface area contributed by atoms with Crippen LogP contribution < -0.4 is 5.73 Å². The summed E-state index contributed by atoms with van der Waals surface area (Å²) in [5.74, 6) is 0.816. The standard InChI is InChI=1S/C18H23ClN4O/c1-23(2)11-14-9-13(16-10-21-18(20)17(19)22-16)3-4-15(14)12-5-7-24-8-6-12/h3-4,9-10,12H,5-8,11H2,1-2H3,(H2,20,21). The first-order valence-corrected chi connectivity index (χ1v) is 8.56. The lowest BCUT2D eigenvalue weighted by Gasteiger charge is -2.26. The van der Waals surface area contributed by atoms with Gasteiger partial charge in [-0.15, -0.1) is 0 Å². The van der Waals surface area contributed by atoms with Gasteiger partial charge in [0.15, 0.2) is 11.0 Å². The van der Waals surface area contributed by atoms with E-state index >= 15 is 0 Å². The van der Waals surface area contributed by atoms with Crippen LogP contribution in [-0.4, -0.2) is 42.2 Å². The van der Waals surface area contributed by atoms with Gasteiger partial charge in [-0.2, -0.15) is 0 Å². The Morgan fingerprint density at radius 1 is 1.29 bits per heavy atom. The van der Waals surface area contributed by atoms with Gasteiger partial charge >= 0.3 is 0 Å². The third-order valence-corrected chi connectivity index (χ3v) is 4.62. The number of hydrogen-bond donors (Lipinski definition) is 1. The predicted molar refractivity (Wildman–Crippen MR) is 97.1 cm³/mol. The molecule has 2 aromatic rings. The van der Waals surface area contributed by atoms with Crippen LogP contribution in [0.1, 0.15) is 29.9 Å². The summed E-state index contributed by atoms with van der Waals surface area (Å²) in [7, 11) is 4.17. The molecule has 0 bridgehead atoms. The van der Waals surface area contributed by atoms with E-state index in [1.807, 2.05) is 0 Å². The molecule has 0 amide bonds. The summed E-state index contributed by atoms with van der Waals surface area (Å²) in [6, 6.07) is 6.51. The molecule has 1 aromatic heterocycles. The molecule has 1 saturated heterocycles. The number of nitrogens with zero attached hydrogens (tertiary/aromatic N) is 3. The largest absolute Gasteiger partial charge is 0.381 e. The fourth-order valence-corrected chi connectivity index (χ4v) is 3.30. The molecule has 0 unspecified atom stereocenters. The van der Waals surface area contributed by atoms with E-state index in [0.29, 0.717) is 5.92 Å². The molecule has 1 aliphatic rings. The van der Waals surface area contributed by atoms with Gasteiger partial charge < -0.3 is 15.4 Å². The Labute approximate surface area is 147 Å². The van der Waals surface area contributed by atoms with Gasteiger partial charge in [0.2, 0.25) is 0 Å². The summed E-state index contributed by atoms with van der Waals surface area (Å²) >= 11 is 6.02. The zero-order chi connectivity index (χ0) is 17.1. The Bertz CT molecular complexity index is 714. The number of hydrogen-bond acceptors (Lipinski definition) is 5. The van der Waals surface area contributed by atoms with Crippen molar-refractivity contribution in [1.82, 2.24) is 14.9 Å². The van der Waals surface area contributed by atoms with Crippen molar-refractivity contribution < 1.29 is 4.74 Å². The molecule has 0 atom stereocenters. The fourth-order valence-electron chi connectivity index (χ4n) is 3.16. The van der Waals surface area contributed by atoms with Gasteiger partial charge in [-0.05, 0) is 50.0 Å². The number of nitrogens with two attached hydrogens (primary N) is 1. The van der Waals surface area contributed by atoms with Crippen LogP contribution in [-0.2, 0) is 11.3 Å². The Hall–Kier alpha value is -1.69. The molecule has 0 radical (unpaired) electrons. The zero-order valence-electron chi connectivity index (χ0n) is 14.1. The fraction of sp³-hybridized carbons (Fsp3) is 0.444. The molecule has 128 valence electrons. The maximum absolute atomic E-state index is 6.02. The van der Waals surface area contributed by atoms with Crippen molar-refractivity contribution in [3.63, 3.8) is 0 Å². The molecule has 24 heavy (non-hydrogen) atoms. The van der Waals surface area contributed by atoms with Gasteiger partial charge in [0, 0.05) is 25.3 Å². The summed E-state index contributed by atoms with van der Waals surface area (Å²) < 4.78 is 5.50. The molecule has 1 aromatic carbocycles. The molecule has 0 aliphatic carbocycles. The van der Waals surface area contributed by atoms with Gasteiger partial charge in [0.1, 0.15) is 0 Å². The Kier molecular flexibility index (Phi) is 5.33. The minimum atomic E-state index is 0.246. The summed E-state index contributed by atoms with van der Waals surface area (Å²) in [6.07, 6.45) is 3.82. The van der Waals surface area contributed by atoms with E-state index in [2.05, 4.69) is 47.2 Å². The quantitative estimate of drug-likeness (QED) is 0.919. The van der Waals surface area contributed by atoms with Crippen LogP contribution >= 0.6 is 11.6 Å². The Morgan fingerprint density at radius 3 is 2.71 bits per heavy atom. The minimum Gasteiger partial charge on any atom is -0.381 e. The number of nitrogen functional groups attached to an aromatic ring is 1. The highest BCUT2D eigenvalue weighted by atomic mass is 35.5. The average molecular weight is 347 g/mol. The first kappa shape index (κ1) is 17.1. The van der Waals surface area contributed by atoms with Gasteiger partial charge in [-0.3, -0.25) is 0 Å². The number of ether oxygens (including phenoxy) is 1. The SMILES string of the molecule is CN(C)Cc1cc(-c2cnc(N)c(Cl)n2)ccc1C1CCOCC1. The molecule has 0 spiro atoms. The summed E-state index contributed by atoms with van der Waals surface area (Å²) in [4.78, 5) is 10.6. The Balaban J connectivity index is 1.98. The van der Waals surface area contributed by atoms with Crippen molar-refractivity contribution in [2.24, 2.45) is 0 Å². The summed E-state index contributed by atoms with van der Waals surface area (Å²) in [5.41, 5.74) is 10.1. The molecule has 1 fully saturated rings. The van der Waals surface area contributed by atoms with Crippen LogP contribution in [0.3, 0.4) is 0 Å². The van der Waals surface area contributed by atoms with E-state index in [9.17, 15) is 0 Å². The predicted octanol–water partition coefficient (Wildman–Crippen LogP) is 3.33. The number of benzene rings is 1. The van der Waals surface area contributed by atoms with E-state index < -0.39 is 0 Å². The van der Waals surface area contributed by atoms with E-state index in [-0.39, 0.29) is 11.0 Å². The highest BCUT2D eigenvalue weighted by Gasteiger charge is 2.20. The van der Waals surface area contributed by atoms with E-state index in [1.165, 1.54) is 11.1 Å². The number of anilines is 1. The van der Waals surface area contributed by atoms with Crippen molar-refractivity contribution in [3.8, 4) is 11.3 Å². The van der Waals surface area contributed by atoms with Crippen molar-refractivity contribution >= 4 is 17.4 Å². The second-order valence-electron chi connectivity index (χ2n) is 6.47. The smallest absolute Gasteiger partial charge is 0.171 e. The second-order valence-corrected chi connectivity index (χ2v) is 6.83. The molecule has 5 nitrogen and oxygen atoms in total. The first-order valence-electron chi connectivity index (χ1n) is 8.18. The molecular weight excluding hydrogens is 324 g/mol. The molecule has 1 aliphatic heterocycles. The van der Waals surface area contributed by atoms with Crippen LogP contribution in [0.5, 0.6) is 0 Å². The van der Waals surface area contributed by atoms with E-state index in [4.69, 9.17) is 22.1 Å². The number of aromatic nitrogens is 2. The number of halogens is 1. The topological polar surface area (TPSA) is 64.3 Å². The van der Waals surface area contributed by atoms with Crippen LogP contribution in [0.2, 0.25) is 5.15 Å². The molecular formula is C18H23ClN4O. The lowest BCUT2D eigenvalue weighted by atomic mass is 9.87. The third kappa shape index (κ3) is 3.86. The highest BCUT2D eigenvalue weighted by Crippen LogP contribution is 2.32. The summed E-state index contributed by atoms with van der Waals surface area (Å²) in [5, 5.41) is 0.246. The number of rotatable bonds is 4. The van der Waals surface area contributed by atoms with Gasteiger partial charge in [0.05, 0.1) is 11.9 Å². The maximum atomic E-state index is 6.02.